The molecule has 162 valence electrons. The summed E-state index contributed by atoms with van der Waals surface area (Å²) in [5.41, 5.74) is 2.71. The van der Waals surface area contributed by atoms with Crippen molar-refractivity contribution in [3.8, 4) is 6.07 Å². The van der Waals surface area contributed by atoms with Gasteiger partial charge in [0.25, 0.3) is 0 Å². The molecule has 1 unspecified atom stereocenters. The van der Waals surface area contributed by atoms with Crippen molar-refractivity contribution in [2.75, 3.05) is 45.9 Å². The molecule has 2 saturated heterocycles. The van der Waals surface area contributed by atoms with Crippen molar-refractivity contribution < 1.29 is 14.2 Å². The normalized spacial score (nSPS) is 25.9. The minimum Gasteiger partial charge on any atom is -0.395 e. The van der Waals surface area contributed by atoms with Gasteiger partial charge >= 0.3 is 0 Å². The van der Waals surface area contributed by atoms with Gasteiger partial charge in [-0.05, 0) is 53.9 Å². The molecule has 2 aromatic rings. The van der Waals surface area contributed by atoms with Gasteiger partial charge in [0.15, 0.2) is 0 Å². The molecule has 0 aliphatic carbocycles. The number of aliphatic hydroxyl groups is 1. The molecule has 7 heteroatoms. The maximum Gasteiger partial charge on any atom is 0.123 e. The number of β-amino-alcohol motifs (C(OH)–C–C–N with tert-alkyl or cyclic N) is 1. The molecule has 3 aliphatic heterocycles. The van der Waals surface area contributed by atoms with Crippen molar-refractivity contribution in [3.05, 3.63) is 58.9 Å². The second-order valence-electron chi connectivity index (χ2n) is 8.54. The Labute approximate surface area is 186 Å². The fourth-order valence-corrected chi connectivity index (χ4v) is 6.17. The van der Waals surface area contributed by atoms with Crippen LogP contribution in [0.4, 0.5) is 4.39 Å². The summed E-state index contributed by atoms with van der Waals surface area (Å²) >= 11 is 1.64. The van der Waals surface area contributed by atoms with Crippen LogP contribution in [0.3, 0.4) is 0 Å². The van der Waals surface area contributed by atoms with Gasteiger partial charge in [0, 0.05) is 55.0 Å². The van der Waals surface area contributed by atoms with Crippen LogP contribution in [0.25, 0.3) is 0 Å². The van der Waals surface area contributed by atoms with Crippen molar-refractivity contribution in [2.24, 2.45) is 0 Å². The third-order valence-corrected chi connectivity index (χ3v) is 7.78. The Bertz CT molecular complexity index is 1000. The second kappa shape index (κ2) is 8.89. The first-order chi connectivity index (χ1) is 15.1. The summed E-state index contributed by atoms with van der Waals surface area (Å²) in [7, 11) is 0. The number of nitrogens with zero attached hydrogens (tertiary/aromatic N) is 3. The summed E-state index contributed by atoms with van der Waals surface area (Å²) in [5, 5.41) is 18.6. The summed E-state index contributed by atoms with van der Waals surface area (Å²) in [4.78, 5) is 6.86. The van der Waals surface area contributed by atoms with Gasteiger partial charge in [0.2, 0.25) is 0 Å². The van der Waals surface area contributed by atoms with E-state index in [1.807, 2.05) is 24.3 Å². The van der Waals surface area contributed by atoms with Gasteiger partial charge in [-0.25, -0.2) is 4.39 Å². The van der Waals surface area contributed by atoms with E-state index in [0.717, 1.165) is 66.6 Å². The number of piperazine rings is 1. The molecule has 0 spiro atoms. The topological polar surface area (TPSA) is 59.7 Å². The highest BCUT2D eigenvalue weighted by atomic mass is 32.2. The minimum atomic E-state index is -0.242. The van der Waals surface area contributed by atoms with Crippen molar-refractivity contribution in [3.63, 3.8) is 0 Å². The molecule has 3 atom stereocenters. The lowest BCUT2D eigenvalue weighted by atomic mass is 9.87. The van der Waals surface area contributed by atoms with E-state index in [4.69, 9.17) is 9.84 Å². The van der Waals surface area contributed by atoms with Gasteiger partial charge in [-0.2, -0.15) is 5.26 Å². The number of ether oxygens (including phenoxy) is 1. The van der Waals surface area contributed by atoms with Gasteiger partial charge in [0.05, 0.1) is 30.4 Å². The van der Waals surface area contributed by atoms with Crippen LogP contribution >= 0.6 is 11.8 Å². The van der Waals surface area contributed by atoms with E-state index in [9.17, 15) is 9.65 Å². The van der Waals surface area contributed by atoms with Crippen LogP contribution in [0.1, 0.15) is 35.1 Å². The first-order valence-corrected chi connectivity index (χ1v) is 11.7. The van der Waals surface area contributed by atoms with Gasteiger partial charge in [-0.1, -0.05) is 11.8 Å². The molecule has 0 amide bonds. The molecule has 1 N–H and O–H groups in total. The number of hydrogen-bond donors (Lipinski definition) is 1. The minimum absolute atomic E-state index is 0.0669. The lowest BCUT2D eigenvalue weighted by Crippen LogP contribution is -2.49. The fourth-order valence-electron chi connectivity index (χ4n) is 5.04. The van der Waals surface area contributed by atoms with Crippen LogP contribution in [0.15, 0.2) is 46.2 Å². The van der Waals surface area contributed by atoms with Gasteiger partial charge in [-0.15, -0.1) is 0 Å². The third kappa shape index (κ3) is 4.23. The Morgan fingerprint density at radius 1 is 1.06 bits per heavy atom. The molecule has 2 aromatic carbocycles. The number of hydrogen-bond acceptors (Lipinski definition) is 6. The molecule has 31 heavy (non-hydrogen) atoms. The highest BCUT2D eigenvalue weighted by Gasteiger charge is 2.42. The molecule has 5 rings (SSSR count). The molecule has 0 saturated carbocycles. The first kappa shape index (κ1) is 20.9. The zero-order valence-electron chi connectivity index (χ0n) is 17.3. The van der Waals surface area contributed by atoms with Crippen LogP contribution in [0, 0.1) is 17.1 Å². The summed E-state index contributed by atoms with van der Waals surface area (Å²) in [6, 6.07) is 13.1. The van der Waals surface area contributed by atoms with E-state index in [1.54, 1.807) is 17.8 Å². The maximum absolute atomic E-state index is 14.2. The highest BCUT2D eigenvalue weighted by molar-refractivity contribution is 7.99. The number of fused-ring (bicyclic) bond motifs is 5. The lowest BCUT2D eigenvalue weighted by Gasteiger charge is -2.35. The molecule has 3 heterocycles. The van der Waals surface area contributed by atoms with E-state index in [-0.39, 0.29) is 30.5 Å². The number of nitriles is 1. The number of rotatable bonds is 4. The highest BCUT2D eigenvalue weighted by Crippen LogP contribution is 2.53. The van der Waals surface area contributed by atoms with Crippen molar-refractivity contribution in [2.45, 2.75) is 34.3 Å². The number of aliphatic hydroxyl groups excluding tert-OH is 1. The Hall–Kier alpha value is -1.95. The molecular weight excluding hydrogens is 413 g/mol. The molecule has 2 fully saturated rings. The van der Waals surface area contributed by atoms with E-state index >= 15 is 0 Å². The number of benzene rings is 2. The van der Waals surface area contributed by atoms with Crippen LogP contribution in [-0.2, 0) is 4.74 Å². The van der Waals surface area contributed by atoms with Crippen LogP contribution < -0.4 is 0 Å². The summed E-state index contributed by atoms with van der Waals surface area (Å²) in [6.45, 7) is 5.63. The quantitative estimate of drug-likeness (QED) is 0.788. The summed E-state index contributed by atoms with van der Waals surface area (Å²) in [6.07, 6.45) is 0.728. The molecule has 5 nitrogen and oxygen atoms in total. The standard InChI is InChI=1S/C24H26FN3O2S/c25-17-2-4-23-21(12-17)24-20(19-11-16(14-26)1-3-22(19)31-23)13-18(30-24)15-28-7-5-27(6-8-28)9-10-29/h1-4,11-12,18,20,24,29H,5-10,13,15H2/t18?,20-,24+/m1/s1. The zero-order chi connectivity index (χ0) is 21.4. The largest absolute Gasteiger partial charge is 0.395 e. The van der Waals surface area contributed by atoms with E-state index in [1.165, 1.54) is 6.07 Å². The third-order valence-electron chi connectivity index (χ3n) is 6.60. The van der Waals surface area contributed by atoms with Gasteiger partial charge in [-0.3, -0.25) is 9.80 Å². The van der Waals surface area contributed by atoms with Crippen LogP contribution in [-0.4, -0.2) is 66.9 Å². The van der Waals surface area contributed by atoms with Crippen LogP contribution in [0.2, 0.25) is 0 Å². The van der Waals surface area contributed by atoms with Crippen molar-refractivity contribution >= 4 is 11.8 Å². The zero-order valence-corrected chi connectivity index (χ0v) is 18.2. The van der Waals surface area contributed by atoms with Crippen molar-refractivity contribution in [1.82, 2.24) is 9.80 Å². The SMILES string of the molecule is N#Cc1ccc2c(c1)[C@H]1CC(CN3CCN(CCO)CC3)O[C@@H]1c1cc(F)ccc1S2. The van der Waals surface area contributed by atoms with Gasteiger partial charge < -0.3 is 9.84 Å². The molecule has 0 bridgehead atoms. The van der Waals surface area contributed by atoms with Crippen molar-refractivity contribution in [1.29, 1.82) is 5.26 Å². The van der Waals surface area contributed by atoms with E-state index in [2.05, 4.69) is 15.9 Å². The molecule has 0 radical (unpaired) electrons. The Morgan fingerprint density at radius 2 is 1.81 bits per heavy atom. The number of halogens is 1. The summed E-state index contributed by atoms with van der Waals surface area (Å²) in [5.74, 6) is -0.131. The average Bonchev–Trinajstić information content (AvgIpc) is 3.15. The lowest BCUT2D eigenvalue weighted by molar-refractivity contribution is 0.00702. The van der Waals surface area contributed by atoms with E-state index in [0.29, 0.717) is 5.56 Å². The monoisotopic (exact) mass is 439 g/mol. The average molecular weight is 440 g/mol. The van der Waals surface area contributed by atoms with Crippen LogP contribution in [0.5, 0.6) is 0 Å². The summed E-state index contributed by atoms with van der Waals surface area (Å²) < 4.78 is 20.7. The Kier molecular flexibility index (Phi) is 6.00. The smallest absolute Gasteiger partial charge is 0.123 e. The molecule has 3 aliphatic rings. The fraction of sp³-hybridized carbons (Fsp3) is 0.458. The van der Waals surface area contributed by atoms with E-state index < -0.39 is 0 Å². The first-order valence-electron chi connectivity index (χ1n) is 10.9. The predicted octanol–water partition coefficient (Wildman–Crippen LogP) is 3.39. The maximum atomic E-state index is 14.2. The molecular formula is C24H26FN3O2S. The molecule has 0 aromatic heterocycles. The predicted molar refractivity (Wildman–Crippen MR) is 117 cm³/mol. The second-order valence-corrected chi connectivity index (χ2v) is 9.62. The Morgan fingerprint density at radius 3 is 2.58 bits per heavy atom. The Balaban J connectivity index is 1.40. The van der Waals surface area contributed by atoms with Gasteiger partial charge in [0.1, 0.15) is 5.82 Å².